The summed E-state index contributed by atoms with van der Waals surface area (Å²) in [6.45, 7) is 8.38. The van der Waals surface area contributed by atoms with Gasteiger partial charge in [-0.1, -0.05) is 0 Å². The SMILES string of the molecule is CC1CC(=Nc2cc(NCCN3CCN(C)CC3)nc(/C=C/c3ccco3)n2)NN1. The highest BCUT2D eigenvalue weighted by atomic mass is 16.3. The summed E-state index contributed by atoms with van der Waals surface area (Å²) < 4.78 is 5.36. The van der Waals surface area contributed by atoms with Gasteiger partial charge in [0, 0.05) is 57.8 Å². The minimum atomic E-state index is 0.352. The summed E-state index contributed by atoms with van der Waals surface area (Å²) in [7, 11) is 2.17. The maximum absolute atomic E-state index is 5.36. The van der Waals surface area contributed by atoms with Gasteiger partial charge in [-0.2, -0.15) is 0 Å². The van der Waals surface area contributed by atoms with Crippen molar-refractivity contribution in [2.75, 3.05) is 51.6 Å². The number of aliphatic imine (C=N–C) groups is 1. The molecule has 0 aromatic carbocycles. The van der Waals surface area contributed by atoms with Gasteiger partial charge < -0.3 is 20.1 Å². The standard InChI is InChI=1S/C21H30N8O/c1-16-14-21(27-26-16)25-20-15-19(22-7-8-29-11-9-28(2)10-12-29)23-18(24-20)6-5-17-4-3-13-30-17/h3-6,13,15-16,26H,7-12,14H2,1-2H3,(H2,22,23,24,25,27)/b6-5+. The number of likely N-dealkylation sites (N-methyl/N-ethyl adjacent to an activating group) is 1. The molecule has 1 unspecified atom stereocenters. The molecule has 9 heteroatoms. The molecule has 2 fully saturated rings. The quantitative estimate of drug-likeness (QED) is 0.636. The lowest BCUT2D eigenvalue weighted by Gasteiger charge is -2.32. The predicted molar refractivity (Wildman–Crippen MR) is 120 cm³/mol. The van der Waals surface area contributed by atoms with Crippen LogP contribution in [0.1, 0.15) is 24.9 Å². The number of hydrazine groups is 1. The smallest absolute Gasteiger partial charge is 0.160 e. The van der Waals surface area contributed by atoms with Crippen LogP contribution in [0.5, 0.6) is 0 Å². The molecular weight excluding hydrogens is 380 g/mol. The minimum Gasteiger partial charge on any atom is -0.465 e. The molecule has 0 aliphatic carbocycles. The summed E-state index contributed by atoms with van der Waals surface area (Å²) in [6.07, 6.45) is 6.19. The zero-order valence-electron chi connectivity index (χ0n) is 17.6. The van der Waals surface area contributed by atoms with Crippen molar-refractivity contribution >= 4 is 29.6 Å². The number of nitrogens with zero attached hydrogens (tertiary/aromatic N) is 5. The average Bonchev–Trinajstić information content (AvgIpc) is 3.40. The maximum atomic E-state index is 5.36. The Morgan fingerprint density at radius 2 is 2.13 bits per heavy atom. The van der Waals surface area contributed by atoms with Crippen LogP contribution in [-0.4, -0.2) is 78.0 Å². The molecule has 0 bridgehead atoms. The highest BCUT2D eigenvalue weighted by Crippen LogP contribution is 2.17. The second-order valence-electron chi connectivity index (χ2n) is 7.82. The van der Waals surface area contributed by atoms with Crippen LogP contribution in [0.15, 0.2) is 33.9 Å². The first kappa shape index (κ1) is 20.5. The lowest BCUT2D eigenvalue weighted by Crippen LogP contribution is -2.45. The van der Waals surface area contributed by atoms with Crippen molar-refractivity contribution in [3.05, 3.63) is 36.0 Å². The molecule has 2 aromatic heterocycles. The van der Waals surface area contributed by atoms with E-state index in [1.54, 1.807) is 6.26 Å². The second kappa shape index (κ2) is 9.84. The molecule has 2 aliphatic rings. The van der Waals surface area contributed by atoms with Crippen LogP contribution in [0, 0.1) is 0 Å². The molecule has 9 nitrogen and oxygen atoms in total. The van der Waals surface area contributed by atoms with E-state index in [1.165, 1.54) is 0 Å². The highest BCUT2D eigenvalue weighted by Gasteiger charge is 2.16. The Morgan fingerprint density at radius 1 is 1.27 bits per heavy atom. The summed E-state index contributed by atoms with van der Waals surface area (Å²) in [6, 6.07) is 6.00. The van der Waals surface area contributed by atoms with Crippen molar-refractivity contribution in [2.45, 2.75) is 19.4 Å². The summed E-state index contributed by atoms with van der Waals surface area (Å²) in [4.78, 5) is 18.7. The number of furan rings is 1. The van der Waals surface area contributed by atoms with E-state index in [1.807, 2.05) is 30.4 Å². The Labute approximate surface area is 177 Å². The van der Waals surface area contributed by atoms with E-state index in [2.05, 4.69) is 54.9 Å². The molecule has 0 amide bonds. The second-order valence-corrected chi connectivity index (χ2v) is 7.82. The van der Waals surface area contributed by atoms with Gasteiger partial charge in [0.15, 0.2) is 11.6 Å². The van der Waals surface area contributed by atoms with E-state index in [4.69, 9.17) is 4.42 Å². The molecule has 30 heavy (non-hydrogen) atoms. The molecule has 0 spiro atoms. The van der Waals surface area contributed by atoms with Crippen LogP contribution in [-0.2, 0) is 0 Å². The molecule has 2 saturated heterocycles. The molecule has 2 aliphatic heterocycles. The summed E-state index contributed by atoms with van der Waals surface area (Å²) in [5.41, 5.74) is 6.27. The number of amidine groups is 1. The molecule has 0 radical (unpaired) electrons. The van der Waals surface area contributed by atoms with E-state index < -0.39 is 0 Å². The summed E-state index contributed by atoms with van der Waals surface area (Å²) in [5, 5.41) is 3.44. The fourth-order valence-corrected chi connectivity index (χ4v) is 3.44. The first-order valence-corrected chi connectivity index (χ1v) is 10.5. The van der Waals surface area contributed by atoms with E-state index >= 15 is 0 Å². The zero-order valence-corrected chi connectivity index (χ0v) is 17.6. The van der Waals surface area contributed by atoms with Gasteiger partial charge in [-0.25, -0.2) is 20.4 Å². The monoisotopic (exact) mass is 410 g/mol. The molecule has 160 valence electrons. The topological polar surface area (TPSA) is 93.9 Å². The van der Waals surface area contributed by atoms with Crippen LogP contribution in [0.3, 0.4) is 0 Å². The Bertz CT molecular complexity index is 871. The fourth-order valence-electron chi connectivity index (χ4n) is 3.44. The normalized spacial score (nSPS) is 22.1. The number of nitrogens with one attached hydrogen (secondary N) is 3. The summed E-state index contributed by atoms with van der Waals surface area (Å²) in [5.74, 6) is 3.64. The van der Waals surface area contributed by atoms with E-state index in [0.717, 1.165) is 63.1 Å². The van der Waals surface area contributed by atoms with Gasteiger partial charge in [0.25, 0.3) is 0 Å². The largest absolute Gasteiger partial charge is 0.465 e. The van der Waals surface area contributed by atoms with Gasteiger partial charge in [-0.05, 0) is 38.3 Å². The molecular formula is C21H30N8O. The Hall–Kier alpha value is -2.75. The third-order valence-corrected chi connectivity index (χ3v) is 5.21. The molecule has 0 saturated carbocycles. The third-order valence-electron chi connectivity index (χ3n) is 5.21. The Morgan fingerprint density at radius 3 is 2.87 bits per heavy atom. The molecule has 1 atom stereocenters. The molecule has 4 rings (SSSR count). The molecule has 4 heterocycles. The van der Waals surface area contributed by atoms with Crippen molar-refractivity contribution in [3.8, 4) is 0 Å². The average molecular weight is 411 g/mol. The Kier molecular flexibility index (Phi) is 6.73. The van der Waals surface area contributed by atoms with E-state index in [9.17, 15) is 0 Å². The van der Waals surface area contributed by atoms with Crippen LogP contribution < -0.4 is 16.2 Å². The van der Waals surface area contributed by atoms with E-state index in [-0.39, 0.29) is 0 Å². The number of rotatable bonds is 7. The van der Waals surface area contributed by atoms with E-state index in [0.29, 0.717) is 17.7 Å². The number of aromatic nitrogens is 2. The molecule has 2 aromatic rings. The van der Waals surface area contributed by atoms with Crippen LogP contribution >= 0.6 is 0 Å². The lowest BCUT2D eigenvalue weighted by molar-refractivity contribution is 0.158. The predicted octanol–water partition coefficient (Wildman–Crippen LogP) is 1.82. The van der Waals surface area contributed by atoms with Crippen molar-refractivity contribution < 1.29 is 4.42 Å². The van der Waals surface area contributed by atoms with Gasteiger partial charge >= 0.3 is 0 Å². The van der Waals surface area contributed by atoms with Crippen LogP contribution in [0.2, 0.25) is 0 Å². The van der Waals surface area contributed by atoms with Gasteiger partial charge in [0.05, 0.1) is 6.26 Å². The summed E-state index contributed by atoms with van der Waals surface area (Å²) >= 11 is 0. The van der Waals surface area contributed by atoms with Gasteiger partial charge in [-0.3, -0.25) is 4.90 Å². The minimum absolute atomic E-state index is 0.352. The maximum Gasteiger partial charge on any atom is 0.160 e. The van der Waals surface area contributed by atoms with Gasteiger partial charge in [0.2, 0.25) is 0 Å². The van der Waals surface area contributed by atoms with Gasteiger partial charge in [0.1, 0.15) is 17.4 Å². The number of hydrogen-bond donors (Lipinski definition) is 3. The Balaban J connectivity index is 1.45. The number of anilines is 1. The molecule has 3 N–H and O–H groups in total. The zero-order chi connectivity index (χ0) is 20.8. The van der Waals surface area contributed by atoms with Crippen molar-refractivity contribution in [1.82, 2.24) is 30.6 Å². The van der Waals surface area contributed by atoms with Crippen molar-refractivity contribution in [1.29, 1.82) is 0 Å². The number of piperazine rings is 1. The first-order chi connectivity index (χ1) is 14.6. The highest BCUT2D eigenvalue weighted by molar-refractivity contribution is 5.86. The van der Waals surface area contributed by atoms with Crippen molar-refractivity contribution in [2.24, 2.45) is 4.99 Å². The van der Waals surface area contributed by atoms with Crippen molar-refractivity contribution in [3.63, 3.8) is 0 Å². The van der Waals surface area contributed by atoms with Gasteiger partial charge in [-0.15, -0.1) is 0 Å². The fraction of sp³-hybridized carbons (Fsp3) is 0.476. The third kappa shape index (κ3) is 5.88. The van der Waals surface area contributed by atoms with Crippen LogP contribution in [0.25, 0.3) is 12.2 Å². The number of hydrogen-bond acceptors (Lipinski definition) is 8. The van der Waals surface area contributed by atoms with Crippen LogP contribution in [0.4, 0.5) is 11.6 Å². The lowest BCUT2D eigenvalue weighted by atomic mass is 10.3. The first-order valence-electron chi connectivity index (χ1n) is 10.5.